The normalized spacial score (nSPS) is 11.8. The smallest absolute Gasteiger partial charge is 0.264 e. The summed E-state index contributed by atoms with van der Waals surface area (Å²) in [6.07, 6.45) is 0.334. The Bertz CT molecular complexity index is 1400. The van der Waals surface area contributed by atoms with E-state index in [1.807, 2.05) is 13.8 Å². The number of amides is 2. The molecule has 0 aliphatic rings. The highest BCUT2D eigenvalue weighted by Gasteiger charge is 2.33. The largest absolute Gasteiger partial charge is 0.497 e. The quantitative estimate of drug-likeness (QED) is 0.282. The SMILES string of the molecule is CCNC(=O)[C@@H](CC)N(Cc1ccc(OC)cc1)C(=O)CN(c1ccc(OCC)cc1)S(=O)(=O)c1ccc(Cl)cc1. The van der Waals surface area contributed by atoms with Crippen LogP contribution in [0.25, 0.3) is 0 Å². The van der Waals surface area contributed by atoms with Crippen LogP contribution in [0.4, 0.5) is 5.69 Å². The molecule has 220 valence electrons. The number of carbonyl (C=O) groups excluding carboxylic acids is 2. The van der Waals surface area contributed by atoms with Gasteiger partial charge in [0, 0.05) is 18.1 Å². The summed E-state index contributed by atoms with van der Waals surface area (Å²) in [6, 6.07) is 18.5. The predicted octanol–water partition coefficient (Wildman–Crippen LogP) is 4.89. The number of rotatable bonds is 14. The molecule has 0 aliphatic carbocycles. The van der Waals surface area contributed by atoms with Crippen LogP contribution in [0.15, 0.2) is 77.7 Å². The van der Waals surface area contributed by atoms with E-state index in [9.17, 15) is 18.0 Å². The van der Waals surface area contributed by atoms with Crippen molar-refractivity contribution in [1.82, 2.24) is 10.2 Å². The summed E-state index contributed by atoms with van der Waals surface area (Å²) in [6.45, 7) is 5.85. The van der Waals surface area contributed by atoms with E-state index in [2.05, 4.69) is 5.32 Å². The van der Waals surface area contributed by atoms with Gasteiger partial charge in [0.1, 0.15) is 24.1 Å². The Morgan fingerprint density at radius 2 is 1.51 bits per heavy atom. The van der Waals surface area contributed by atoms with Crippen molar-refractivity contribution < 1.29 is 27.5 Å². The Balaban J connectivity index is 2.05. The zero-order valence-electron chi connectivity index (χ0n) is 23.7. The number of halogens is 1. The molecule has 0 saturated heterocycles. The van der Waals surface area contributed by atoms with Crippen LogP contribution in [0.2, 0.25) is 5.02 Å². The van der Waals surface area contributed by atoms with Crippen molar-refractivity contribution in [2.24, 2.45) is 0 Å². The van der Waals surface area contributed by atoms with Gasteiger partial charge in [0.15, 0.2) is 0 Å². The number of nitrogens with one attached hydrogen (secondary N) is 1. The van der Waals surface area contributed by atoms with Crippen molar-refractivity contribution in [3.63, 3.8) is 0 Å². The molecular formula is C30H36ClN3O6S. The average molecular weight is 602 g/mol. The summed E-state index contributed by atoms with van der Waals surface area (Å²) in [5, 5.41) is 3.17. The van der Waals surface area contributed by atoms with E-state index in [0.29, 0.717) is 36.1 Å². The van der Waals surface area contributed by atoms with Crippen molar-refractivity contribution in [2.75, 3.05) is 31.1 Å². The van der Waals surface area contributed by atoms with Gasteiger partial charge in [-0.15, -0.1) is 0 Å². The lowest BCUT2D eigenvalue weighted by Gasteiger charge is -2.33. The lowest BCUT2D eigenvalue weighted by atomic mass is 10.1. The number of benzene rings is 3. The summed E-state index contributed by atoms with van der Waals surface area (Å²) in [5.41, 5.74) is 1.03. The first-order valence-corrected chi connectivity index (χ1v) is 15.2. The molecule has 0 radical (unpaired) electrons. The number of ether oxygens (including phenoxy) is 2. The lowest BCUT2D eigenvalue weighted by molar-refractivity contribution is -0.140. The van der Waals surface area contributed by atoms with Gasteiger partial charge in [-0.2, -0.15) is 0 Å². The van der Waals surface area contributed by atoms with Crippen LogP contribution < -0.4 is 19.1 Å². The maximum absolute atomic E-state index is 14.0. The van der Waals surface area contributed by atoms with Crippen LogP contribution >= 0.6 is 11.6 Å². The summed E-state index contributed by atoms with van der Waals surface area (Å²) >= 11 is 6.00. The molecule has 9 nitrogen and oxygen atoms in total. The van der Waals surface area contributed by atoms with Crippen molar-refractivity contribution in [1.29, 1.82) is 0 Å². The molecule has 41 heavy (non-hydrogen) atoms. The maximum atomic E-state index is 14.0. The minimum Gasteiger partial charge on any atom is -0.497 e. The zero-order chi connectivity index (χ0) is 30.0. The minimum absolute atomic E-state index is 0.0268. The van der Waals surface area contributed by atoms with E-state index in [0.717, 1.165) is 9.87 Å². The van der Waals surface area contributed by atoms with Crippen molar-refractivity contribution in [3.8, 4) is 11.5 Å². The van der Waals surface area contributed by atoms with Crippen molar-refractivity contribution in [3.05, 3.63) is 83.4 Å². The Morgan fingerprint density at radius 3 is 2.05 bits per heavy atom. The molecule has 11 heteroatoms. The molecule has 0 saturated carbocycles. The molecule has 0 unspecified atom stereocenters. The standard InChI is InChI=1S/C30H36ClN3O6S/c1-5-28(30(36)32-6-2)33(20-22-8-14-25(39-4)15-9-22)29(35)21-34(24-12-16-26(17-13-24)40-7-3)41(37,38)27-18-10-23(31)11-19-27/h8-19,28H,5-7,20-21H2,1-4H3,(H,32,36)/t28-/m1/s1. The topological polar surface area (TPSA) is 105 Å². The minimum atomic E-state index is -4.20. The third kappa shape index (κ3) is 8.14. The molecular weight excluding hydrogens is 566 g/mol. The number of sulfonamides is 1. The molecule has 2 amide bonds. The fourth-order valence-electron chi connectivity index (χ4n) is 4.28. The molecule has 3 aromatic rings. The van der Waals surface area contributed by atoms with E-state index in [1.165, 1.54) is 29.2 Å². The second-order valence-corrected chi connectivity index (χ2v) is 11.4. The van der Waals surface area contributed by atoms with Crippen molar-refractivity contribution in [2.45, 2.75) is 44.7 Å². The molecule has 0 spiro atoms. The van der Waals surface area contributed by atoms with Gasteiger partial charge >= 0.3 is 0 Å². The number of hydrogen-bond acceptors (Lipinski definition) is 6. The number of hydrogen-bond donors (Lipinski definition) is 1. The van der Waals surface area contributed by atoms with Gasteiger partial charge in [0.2, 0.25) is 11.8 Å². The van der Waals surface area contributed by atoms with Gasteiger partial charge in [-0.25, -0.2) is 8.42 Å². The van der Waals surface area contributed by atoms with Crippen LogP contribution in [0.5, 0.6) is 11.5 Å². The molecule has 3 rings (SSSR count). The Hall–Kier alpha value is -3.76. The molecule has 3 aromatic carbocycles. The van der Waals surface area contributed by atoms with E-state index in [1.54, 1.807) is 62.6 Å². The van der Waals surface area contributed by atoms with Crippen LogP contribution in [0.3, 0.4) is 0 Å². The molecule has 0 fully saturated rings. The van der Waals surface area contributed by atoms with Crippen molar-refractivity contribution >= 4 is 39.1 Å². The van der Waals surface area contributed by atoms with Crippen LogP contribution in [0.1, 0.15) is 32.8 Å². The molecule has 1 N–H and O–H groups in total. The van der Waals surface area contributed by atoms with E-state index < -0.39 is 28.5 Å². The van der Waals surface area contributed by atoms with E-state index in [4.69, 9.17) is 21.1 Å². The summed E-state index contributed by atoms with van der Waals surface area (Å²) in [7, 11) is -2.64. The summed E-state index contributed by atoms with van der Waals surface area (Å²) in [4.78, 5) is 28.5. The highest BCUT2D eigenvalue weighted by Crippen LogP contribution is 2.27. The first kappa shape index (κ1) is 31.8. The maximum Gasteiger partial charge on any atom is 0.264 e. The fraction of sp³-hybridized carbons (Fsp3) is 0.333. The third-order valence-corrected chi connectivity index (χ3v) is 8.41. The monoisotopic (exact) mass is 601 g/mol. The Kier molecular flexibility index (Phi) is 11.4. The molecule has 0 aliphatic heterocycles. The van der Waals surface area contributed by atoms with Gasteiger partial charge in [-0.3, -0.25) is 13.9 Å². The molecule has 0 bridgehead atoms. The zero-order valence-corrected chi connectivity index (χ0v) is 25.2. The average Bonchev–Trinajstić information content (AvgIpc) is 2.97. The fourth-order valence-corrected chi connectivity index (χ4v) is 5.82. The third-order valence-electron chi connectivity index (χ3n) is 6.37. The second kappa shape index (κ2) is 14.7. The van der Waals surface area contributed by atoms with Crippen LogP contribution in [-0.2, 0) is 26.2 Å². The van der Waals surface area contributed by atoms with Gasteiger partial charge < -0.3 is 19.7 Å². The van der Waals surface area contributed by atoms with E-state index >= 15 is 0 Å². The van der Waals surface area contributed by atoms with E-state index in [-0.39, 0.29) is 23.0 Å². The Morgan fingerprint density at radius 1 is 0.902 bits per heavy atom. The van der Waals surface area contributed by atoms with Crippen LogP contribution in [0, 0.1) is 0 Å². The number of carbonyl (C=O) groups is 2. The number of nitrogens with zero attached hydrogens (tertiary/aromatic N) is 2. The highest BCUT2D eigenvalue weighted by atomic mass is 35.5. The second-order valence-electron chi connectivity index (χ2n) is 9.08. The number of methoxy groups -OCH3 is 1. The van der Waals surface area contributed by atoms with Gasteiger partial charge in [0.25, 0.3) is 10.0 Å². The lowest BCUT2D eigenvalue weighted by Crippen LogP contribution is -2.52. The highest BCUT2D eigenvalue weighted by molar-refractivity contribution is 7.92. The first-order valence-electron chi connectivity index (χ1n) is 13.4. The molecule has 1 atom stereocenters. The van der Waals surface area contributed by atoms with Crippen LogP contribution in [-0.4, -0.2) is 58.0 Å². The summed E-state index contributed by atoms with van der Waals surface area (Å²) in [5.74, 6) is 0.364. The molecule has 0 heterocycles. The first-order chi connectivity index (χ1) is 19.6. The van der Waals surface area contributed by atoms with Gasteiger partial charge in [-0.1, -0.05) is 30.7 Å². The summed E-state index contributed by atoms with van der Waals surface area (Å²) < 4.78 is 39.6. The Labute approximate surface area is 247 Å². The predicted molar refractivity (Wildman–Crippen MR) is 160 cm³/mol. The van der Waals surface area contributed by atoms with Gasteiger partial charge in [-0.05, 0) is 86.5 Å². The molecule has 0 aromatic heterocycles. The number of likely N-dealkylation sites (N-methyl/N-ethyl adjacent to an activating group) is 1. The van der Waals surface area contributed by atoms with Gasteiger partial charge in [0.05, 0.1) is 24.3 Å². The number of anilines is 1.